The van der Waals surface area contributed by atoms with Crippen molar-refractivity contribution in [3.05, 3.63) is 41.1 Å². The van der Waals surface area contributed by atoms with Crippen LogP contribution in [0.4, 0.5) is 5.82 Å². The topological polar surface area (TPSA) is 79.3 Å². The Morgan fingerprint density at radius 2 is 2.18 bits per heavy atom. The van der Waals surface area contributed by atoms with Crippen LogP contribution in [0.15, 0.2) is 30.3 Å². The standard InChI is InChI=1S/C12H12N2O3/c1-2-17-12(15)9-7-8-5-3-4-6-10(8)14(16)11(9)13/h3-7H,2,13H2,1H3. The average Bonchev–Trinajstić information content (AvgIpc) is 2.34. The summed E-state index contributed by atoms with van der Waals surface area (Å²) in [5, 5.41) is 12.5. The molecule has 1 heterocycles. The molecule has 1 aromatic heterocycles. The van der Waals surface area contributed by atoms with Crippen molar-refractivity contribution in [1.82, 2.24) is 0 Å². The van der Waals surface area contributed by atoms with E-state index < -0.39 is 5.97 Å². The van der Waals surface area contributed by atoms with Gasteiger partial charge in [0.05, 0.1) is 6.61 Å². The van der Waals surface area contributed by atoms with Crippen molar-refractivity contribution in [2.24, 2.45) is 0 Å². The first kappa shape index (κ1) is 11.2. The van der Waals surface area contributed by atoms with E-state index in [2.05, 4.69) is 0 Å². The van der Waals surface area contributed by atoms with Gasteiger partial charge in [0.15, 0.2) is 0 Å². The molecule has 88 valence electrons. The second kappa shape index (κ2) is 4.29. The molecule has 5 heteroatoms. The SMILES string of the molecule is CCOC(=O)c1cc2ccccc2[n+]([O-])c1N. The second-order valence-corrected chi connectivity index (χ2v) is 3.52. The molecule has 0 saturated heterocycles. The zero-order chi connectivity index (χ0) is 12.4. The van der Waals surface area contributed by atoms with Crippen LogP contribution in [-0.4, -0.2) is 12.6 Å². The third-order valence-electron chi connectivity index (χ3n) is 2.45. The quantitative estimate of drug-likeness (QED) is 0.480. The molecule has 0 atom stereocenters. The van der Waals surface area contributed by atoms with Gasteiger partial charge in [0.25, 0.3) is 5.82 Å². The molecule has 0 unspecified atom stereocenters. The van der Waals surface area contributed by atoms with Crippen molar-refractivity contribution < 1.29 is 14.3 Å². The first-order valence-electron chi connectivity index (χ1n) is 5.23. The lowest BCUT2D eigenvalue weighted by molar-refractivity contribution is -0.561. The number of benzene rings is 1. The lowest BCUT2D eigenvalue weighted by Gasteiger charge is -2.11. The van der Waals surface area contributed by atoms with E-state index in [-0.39, 0.29) is 18.0 Å². The number of aromatic nitrogens is 1. The molecule has 17 heavy (non-hydrogen) atoms. The van der Waals surface area contributed by atoms with Crippen molar-refractivity contribution in [1.29, 1.82) is 0 Å². The number of nitrogens with zero attached hydrogens (tertiary/aromatic N) is 1. The monoisotopic (exact) mass is 232 g/mol. The van der Waals surface area contributed by atoms with Gasteiger partial charge in [-0.1, -0.05) is 18.2 Å². The summed E-state index contributed by atoms with van der Waals surface area (Å²) in [7, 11) is 0. The van der Waals surface area contributed by atoms with Crippen molar-refractivity contribution in [2.45, 2.75) is 6.92 Å². The summed E-state index contributed by atoms with van der Waals surface area (Å²) in [6, 6.07) is 8.48. The van der Waals surface area contributed by atoms with E-state index in [0.29, 0.717) is 15.6 Å². The van der Waals surface area contributed by atoms with E-state index in [1.54, 1.807) is 37.3 Å². The molecule has 0 fully saturated rings. The zero-order valence-electron chi connectivity index (χ0n) is 9.34. The Balaban J connectivity index is 2.65. The molecule has 0 aliphatic rings. The Morgan fingerprint density at radius 1 is 1.47 bits per heavy atom. The number of rotatable bonds is 2. The van der Waals surface area contributed by atoms with E-state index in [1.807, 2.05) is 0 Å². The number of esters is 1. The molecule has 0 spiro atoms. The molecule has 0 saturated carbocycles. The predicted octanol–water partition coefficient (Wildman–Crippen LogP) is 1.23. The van der Waals surface area contributed by atoms with Crippen molar-refractivity contribution in [3.8, 4) is 0 Å². The molecule has 2 N–H and O–H groups in total. The van der Waals surface area contributed by atoms with Crippen LogP contribution in [0.25, 0.3) is 10.9 Å². The fraction of sp³-hybridized carbons (Fsp3) is 0.167. The van der Waals surface area contributed by atoms with E-state index >= 15 is 0 Å². The summed E-state index contributed by atoms with van der Waals surface area (Å²) in [5.41, 5.74) is 6.16. The lowest BCUT2D eigenvalue weighted by atomic mass is 10.1. The van der Waals surface area contributed by atoms with Gasteiger partial charge in [0, 0.05) is 5.39 Å². The Morgan fingerprint density at radius 3 is 2.88 bits per heavy atom. The minimum atomic E-state index is -0.583. The van der Waals surface area contributed by atoms with Gasteiger partial charge in [0.1, 0.15) is 11.1 Å². The normalized spacial score (nSPS) is 10.4. The number of hydrogen-bond donors (Lipinski definition) is 1. The third-order valence-corrected chi connectivity index (χ3v) is 2.45. The van der Waals surface area contributed by atoms with Crippen LogP contribution in [0.5, 0.6) is 0 Å². The fourth-order valence-electron chi connectivity index (χ4n) is 1.64. The number of carbonyl (C=O) groups excluding carboxylic acids is 1. The molecule has 1 aromatic carbocycles. The molecule has 0 radical (unpaired) electrons. The number of nitrogens with two attached hydrogens (primary N) is 1. The number of para-hydroxylation sites is 1. The van der Waals surface area contributed by atoms with E-state index in [1.165, 1.54) is 0 Å². The second-order valence-electron chi connectivity index (χ2n) is 3.52. The summed E-state index contributed by atoms with van der Waals surface area (Å²) in [5.74, 6) is -0.720. The van der Waals surface area contributed by atoms with Gasteiger partial charge in [-0.15, -0.1) is 0 Å². The Labute approximate surface area is 98.0 Å². The summed E-state index contributed by atoms with van der Waals surface area (Å²) >= 11 is 0. The van der Waals surface area contributed by atoms with Gasteiger partial charge in [0.2, 0.25) is 0 Å². The fourth-order valence-corrected chi connectivity index (χ4v) is 1.64. The largest absolute Gasteiger partial charge is 0.710 e. The first-order chi connectivity index (χ1) is 8.15. The predicted molar refractivity (Wildman–Crippen MR) is 63.3 cm³/mol. The molecular weight excluding hydrogens is 220 g/mol. The van der Waals surface area contributed by atoms with Crippen molar-refractivity contribution >= 4 is 22.7 Å². The molecular formula is C12H12N2O3. The first-order valence-corrected chi connectivity index (χ1v) is 5.23. The average molecular weight is 232 g/mol. The Hall–Kier alpha value is -2.30. The Bertz CT molecular complexity index is 581. The van der Waals surface area contributed by atoms with E-state index in [0.717, 1.165) is 0 Å². The maximum atomic E-state index is 11.8. The molecule has 0 bridgehead atoms. The number of ether oxygens (including phenoxy) is 1. The summed E-state index contributed by atoms with van der Waals surface area (Å²) in [6.45, 7) is 1.93. The number of pyridine rings is 1. The van der Waals surface area contributed by atoms with Crippen molar-refractivity contribution in [3.63, 3.8) is 0 Å². The highest BCUT2D eigenvalue weighted by Gasteiger charge is 2.18. The third kappa shape index (κ3) is 1.87. The van der Waals surface area contributed by atoms with Crippen LogP contribution in [0.2, 0.25) is 0 Å². The van der Waals surface area contributed by atoms with Crippen LogP contribution < -0.4 is 10.5 Å². The van der Waals surface area contributed by atoms with E-state index in [4.69, 9.17) is 10.5 Å². The number of fused-ring (bicyclic) bond motifs is 1. The number of anilines is 1. The highest BCUT2D eigenvalue weighted by atomic mass is 16.5. The van der Waals surface area contributed by atoms with Gasteiger partial charge in [-0.2, -0.15) is 0 Å². The molecule has 0 aliphatic heterocycles. The maximum absolute atomic E-state index is 11.8. The van der Waals surface area contributed by atoms with Gasteiger partial charge in [-0.3, -0.25) is 5.73 Å². The van der Waals surface area contributed by atoms with Crippen LogP contribution in [0, 0.1) is 5.21 Å². The number of nitrogen functional groups attached to an aromatic ring is 1. The van der Waals surface area contributed by atoms with Gasteiger partial charge in [-0.05, 0) is 19.1 Å². The summed E-state index contributed by atoms with van der Waals surface area (Å²) < 4.78 is 5.38. The molecule has 0 amide bonds. The maximum Gasteiger partial charge on any atom is 0.346 e. The van der Waals surface area contributed by atoms with Crippen LogP contribution >= 0.6 is 0 Å². The van der Waals surface area contributed by atoms with Crippen LogP contribution in [-0.2, 0) is 4.74 Å². The van der Waals surface area contributed by atoms with Crippen LogP contribution in [0.1, 0.15) is 17.3 Å². The molecule has 2 aromatic rings. The van der Waals surface area contributed by atoms with Crippen molar-refractivity contribution in [2.75, 3.05) is 12.3 Å². The van der Waals surface area contributed by atoms with Crippen LogP contribution in [0.3, 0.4) is 0 Å². The van der Waals surface area contributed by atoms with Gasteiger partial charge in [-0.25, -0.2) is 9.52 Å². The highest BCUT2D eigenvalue weighted by molar-refractivity contribution is 5.97. The van der Waals surface area contributed by atoms with Gasteiger partial charge >= 0.3 is 5.97 Å². The highest BCUT2D eigenvalue weighted by Crippen LogP contribution is 2.17. The van der Waals surface area contributed by atoms with E-state index in [9.17, 15) is 10.0 Å². The number of hydrogen-bond acceptors (Lipinski definition) is 4. The molecule has 2 rings (SSSR count). The smallest absolute Gasteiger partial charge is 0.346 e. The number of carbonyl (C=O) groups is 1. The lowest BCUT2D eigenvalue weighted by Crippen LogP contribution is -2.33. The Kier molecular flexibility index (Phi) is 2.82. The zero-order valence-corrected chi connectivity index (χ0v) is 9.34. The molecule has 5 nitrogen and oxygen atoms in total. The summed E-state index contributed by atoms with van der Waals surface area (Å²) in [4.78, 5) is 11.6. The van der Waals surface area contributed by atoms with Gasteiger partial charge < -0.3 is 9.94 Å². The summed E-state index contributed by atoms with van der Waals surface area (Å²) in [6.07, 6.45) is 0. The molecule has 0 aliphatic carbocycles. The minimum absolute atomic E-state index is 0.0977. The minimum Gasteiger partial charge on any atom is -0.710 e.